The van der Waals surface area contributed by atoms with E-state index in [9.17, 15) is 0 Å². The summed E-state index contributed by atoms with van der Waals surface area (Å²) in [6.45, 7) is 3.01. The van der Waals surface area contributed by atoms with E-state index in [-0.39, 0.29) is 6.61 Å². The molecule has 0 aliphatic carbocycles. The lowest BCUT2D eigenvalue weighted by Crippen LogP contribution is -2.02. The van der Waals surface area contributed by atoms with Crippen molar-refractivity contribution >= 4 is 50.4 Å². The van der Waals surface area contributed by atoms with Gasteiger partial charge in [-0.2, -0.15) is 0 Å². The number of aryl methyl sites for hydroxylation is 1. The highest BCUT2D eigenvalue weighted by Gasteiger charge is 2.11. The third-order valence-corrected chi connectivity index (χ3v) is 7.61. The lowest BCUT2D eigenvalue weighted by molar-refractivity contribution is 0.284. The summed E-state index contributed by atoms with van der Waals surface area (Å²) in [6, 6.07) is 26.0. The molecule has 0 fully saturated rings. The first-order valence-corrected chi connectivity index (χ1v) is 13.0. The van der Waals surface area contributed by atoms with Crippen LogP contribution in [0.2, 0.25) is 10.0 Å². The molecule has 0 spiro atoms. The van der Waals surface area contributed by atoms with E-state index in [4.69, 9.17) is 37.7 Å². The van der Waals surface area contributed by atoms with Crippen LogP contribution in [0.1, 0.15) is 16.7 Å². The number of fused-ring (bicyclic) bond motifs is 1. The van der Waals surface area contributed by atoms with Gasteiger partial charge >= 0.3 is 0 Å². The van der Waals surface area contributed by atoms with Gasteiger partial charge in [0.2, 0.25) is 0 Å². The molecule has 4 nitrogen and oxygen atoms in total. The first kappa shape index (κ1) is 24.4. The van der Waals surface area contributed by atoms with Crippen molar-refractivity contribution in [3.8, 4) is 22.1 Å². The van der Waals surface area contributed by atoms with Crippen molar-refractivity contribution in [2.24, 2.45) is 0 Å². The van der Waals surface area contributed by atoms with E-state index in [0.717, 1.165) is 32.9 Å². The number of rotatable bonds is 8. The zero-order chi connectivity index (χ0) is 25.1. The van der Waals surface area contributed by atoms with Crippen LogP contribution >= 0.6 is 34.5 Å². The minimum atomic E-state index is 0.257. The van der Waals surface area contributed by atoms with Gasteiger partial charge in [0.1, 0.15) is 11.6 Å². The molecule has 182 valence electrons. The number of nitrogens with one attached hydrogen (secondary N) is 1. The van der Waals surface area contributed by atoms with E-state index in [2.05, 4.69) is 54.7 Å². The third kappa shape index (κ3) is 5.44. The predicted octanol–water partition coefficient (Wildman–Crippen LogP) is 8.78. The lowest BCUT2D eigenvalue weighted by atomic mass is 10.1. The van der Waals surface area contributed by atoms with Crippen LogP contribution in [0.25, 0.3) is 20.8 Å². The van der Waals surface area contributed by atoms with Crippen LogP contribution in [0, 0.1) is 6.92 Å². The molecule has 0 amide bonds. The van der Waals surface area contributed by atoms with Crippen molar-refractivity contribution in [1.82, 2.24) is 4.98 Å². The Labute approximate surface area is 224 Å². The molecule has 7 heteroatoms. The molecule has 0 saturated carbocycles. The van der Waals surface area contributed by atoms with Gasteiger partial charge in [0.05, 0.1) is 17.3 Å². The summed E-state index contributed by atoms with van der Waals surface area (Å²) in [5, 5.41) is 5.65. The molecule has 5 aromatic rings. The Hall–Kier alpha value is -3.25. The highest BCUT2D eigenvalue weighted by Crippen LogP contribution is 2.33. The molecule has 0 bridgehead atoms. The molecule has 1 heterocycles. The van der Waals surface area contributed by atoms with Gasteiger partial charge in [0, 0.05) is 33.4 Å². The maximum Gasteiger partial charge on any atom is 0.161 e. The van der Waals surface area contributed by atoms with Gasteiger partial charge in [0.25, 0.3) is 0 Å². The zero-order valence-corrected chi connectivity index (χ0v) is 22.2. The van der Waals surface area contributed by atoms with Gasteiger partial charge < -0.3 is 14.8 Å². The van der Waals surface area contributed by atoms with Gasteiger partial charge in [0.15, 0.2) is 11.5 Å². The highest BCUT2D eigenvalue weighted by molar-refractivity contribution is 7.21. The standard InChI is InChI=1S/C29H24Cl2N2O2S/c1-18-6-12-25-28(14-18)36-29(33-25)20-8-10-21(11-9-20)32-16-19-7-13-26(27(15-19)34-2)35-17-22-23(30)4-3-5-24(22)31/h3-15,32H,16-17H2,1-2H3. The van der Waals surface area contributed by atoms with E-state index in [1.807, 2.05) is 24.3 Å². The minimum Gasteiger partial charge on any atom is -0.493 e. The summed E-state index contributed by atoms with van der Waals surface area (Å²) in [5.41, 5.74) is 6.25. The quantitative estimate of drug-likeness (QED) is 0.216. The Bertz CT molecular complexity index is 1500. The lowest BCUT2D eigenvalue weighted by Gasteiger charge is -2.14. The molecule has 0 saturated heterocycles. The monoisotopic (exact) mass is 534 g/mol. The van der Waals surface area contributed by atoms with Crippen molar-refractivity contribution in [2.45, 2.75) is 20.1 Å². The van der Waals surface area contributed by atoms with E-state index in [0.29, 0.717) is 28.1 Å². The summed E-state index contributed by atoms with van der Waals surface area (Å²) < 4.78 is 12.7. The number of hydrogen-bond donors (Lipinski definition) is 1. The number of benzene rings is 4. The average molecular weight is 535 g/mol. The fourth-order valence-corrected chi connectivity index (χ4v) is 5.43. The zero-order valence-electron chi connectivity index (χ0n) is 19.8. The molecular weight excluding hydrogens is 511 g/mol. The summed E-state index contributed by atoms with van der Waals surface area (Å²) in [6.07, 6.45) is 0. The first-order valence-electron chi connectivity index (χ1n) is 11.4. The van der Waals surface area contributed by atoms with Crippen molar-refractivity contribution in [3.05, 3.63) is 106 Å². The van der Waals surface area contributed by atoms with Crippen molar-refractivity contribution in [3.63, 3.8) is 0 Å². The molecule has 0 aliphatic heterocycles. The van der Waals surface area contributed by atoms with Crippen LogP contribution in [-0.4, -0.2) is 12.1 Å². The maximum atomic E-state index is 6.26. The van der Waals surface area contributed by atoms with Crippen LogP contribution < -0.4 is 14.8 Å². The van der Waals surface area contributed by atoms with Gasteiger partial charge in [-0.3, -0.25) is 0 Å². The molecule has 36 heavy (non-hydrogen) atoms. The number of nitrogens with zero attached hydrogens (tertiary/aromatic N) is 1. The van der Waals surface area contributed by atoms with Crippen molar-refractivity contribution < 1.29 is 9.47 Å². The van der Waals surface area contributed by atoms with Crippen LogP contribution in [0.5, 0.6) is 11.5 Å². The van der Waals surface area contributed by atoms with Crippen LogP contribution in [-0.2, 0) is 13.2 Å². The second-order valence-electron chi connectivity index (χ2n) is 8.40. The third-order valence-electron chi connectivity index (χ3n) is 5.83. The highest BCUT2D eigenvalue weighted by atomic mass is 35.5. The van der Waals surface area contributed by atoms with Crippen LogP contribution in [0.3, 0.4) is 0 Å². The Balaban J connectivity index is 1.23. The fourth-order valence-electron chi connectivity index (χ4n) is 3.85. The van der Waals surface area contributed by atoms with Gasteiger partial charge in [-0.05, 0) is 78.7 Å². The number of anilines is 1. The normalized spacial score (nSPS) is 11.0. The van der Waals surface area contributed by atoms with Gasteiger partial charge in [-0.1, -0.05) is 41.4 Å². The topological polar surface area (TPSA) is 43.4 Å². The average Bonchev–Trinajstić information content (AvgIpc) is 3.31. The first-order chi connectivity index (χ1) is 17.5. The Morgan fingerprint density at radius 3 is 2.42 bits per heavy atom. The van der Waals surface area contributed by atoms with E-state index < -0.39 is 0 Å². The molecule has 1 N–H and O–H groups in total. The SMILES string of the molecule is COc1cc(CNc2ccc(-c3nc4ccc(C)cc4s3)cc2)ccc1OCc1c(Cl)cccc1Cl. The van der Waals surface area contributed by atoms with Crippen molar-refractivity contribution in [2.75, 3.05) is 12.4 Å². The molecular formula is C29H24Cl2N2O2S. The number of thiazole rings is 1. The van der Waals surface area contributed by atoms with E-state index in [1.165, 1.54) is 10.3 Å². The molecule has 0 radical (unpaired) electrons. The predicted molar refractivity (Wildman–Crippen MR) is 151 cm³/mol. The summed E-state index contributed by atoms with van der Waals surface area (Å²) >= 11 is 14.2. The molecule has 0 atom stereocenters. The number of methoxy groups -OCH3 is 1. The number of hydrogen-bond acceptors (Lipinski definition) is 5. The molecule has 4 aromatic carbocycles. The van der Waals surface area contributed by atoms with E-state index in [1.54, 1.807) is 30.6 Å². The van der Waals surface area contributed by atoms with E-state index >= 15 is 0 Å². The maximum absolute atomic E-state index is 6.26. The Morgan fingerprint density at radius 1 is 0.889 bits per heavy atom. The van der Waals surface area contributed by atoms with Crippen LogP contribution in [0.15, 0.2) is 78.9 Å². The molecule has 0 unspecified atom stereocenters. The molecule has 5 rings (SSSR count). The molecule has 1 aromatic heterocycles. The Kier molecular flexibility index (Phi) is 7.33. The number of aromatic nitrogens is 1. The summed E-state index contributed by atoms with van der Waals surface area (Å²) in [7, 11) is 1.63. The van der Waals surface area contributed by atoms with Crippen LogP contribution in [0.4, 0.5) is 5.69 Å². The van der Waals surface area contributed by atoms with Gasteiger partial charge in [-0.25, -0.2) is 4.98 Å². The number of ether oxygens (including phenoxy) is 2. The second-order valence-corrected chi connectivity index (χ2v) is 10.2. The summed E-state index contributed by atoms with van der Waals surface area (Å²) in [4.78, 5) is 4.78. The van der Waals surface area contributed by atoms with Gasteiger partial charge in [-0.15, -0.1) is 11.3 Å². The largest absolute Gasteiger partial charge is 0.493 e. The number of halogens is 2. The minimum absolute atomic E-state index is 0.257. The fraction of sp³-hybridized carbons (Fsp3) is 0.138. The molecule has 0 aliphatic rings. The summed E-state index contributed by atoms with van der Waals surface area (Å²) in [5.74, 6) is 1.28. The van der Waals surface area contributed by atoms with Crippen molar-refractivity contribution in [1.29, 1.82) is 0 Å². The smallest absolute Gasteiger partial charge is 0.161 e. The second kappa shape index (κ2) is 10.8. The Morgan fingerprint density at radius 2 is 1.67 bits per heavy atom.